The molecule has 0 aromatic carbocycles. The summed E-state index contributed by atoms with van der Waals surface area (Å²) >= 11 is 0. The topological polar surface area (TPSA) is 107 Å². The van der Waals surface area contributed by atoms with Crippen molar-refractivity contribution in [2.24, 2.45) is 0 Å². The van der Waals surface area contributed by atoms with Gasteiger partial charge in [-0.1, -0.05) is 5.10 Å². The maximum absolute atomic E-state index is 8.36. The van der Waals surface area contributed by atoms with Crippen molar-refractivity contribution in [1.82, 2.24) is 26.8 Å². The van der Waals surface area contributed by atoms with E-state index in [2.05, 4.69) is 20.6 Å². The van der Waals surface area contributed by atoms with Gasteiger partial charge >= 0.3 is 0 Å². The minimum Gasteiger partial charge on any atom is -0.491 e. The van der Waals surface area contributed by atoms with Gasteiger partial charge in [0.25, 0.3) is 5.88 Å². The highest BCUT2D eigenvalue weighted by atomic mass is 16.3. The molecular weight excluding hydrogens is 110 g/mol. The molecule has 0 fully saturated rings. The lowest BCUT2D eigenvalue weighted by molar-refractivity contribution is 0.432. The normalized spacial score (nSPS) is 7.50. The standard InChI is InChI=1S/C2H2N4O.H3N/c7-2-1-3-5-6-4-2;/h1H,(H,4,5,7);1H3. The molecule has 0 unspecified atom stereocenters. The summed E-state index contributed by atoms with van der Waals surface area (Å²) < 4.78 is 0. The molecule has 6 heteroatoms. The van der Waals surface area contributed by atoms with E-state index < -0.39 is 0 Å². The van der Waals surface area contributed by atoms with E-state index in [1.807, 2.05) is 0 Å². The second-order valence-electron chi connectivity index (χ2n) is 0.882. The molecule has 0 aliphatic carbocycles. The van der Waals surface area contributed by atoms with E-state index in [9.17, 15) is 0 Å². The van der Waals surface area contributed by atoms with Crippen molar-refractivity contribution in [3.8, 4) is 5.88 Å². The Bertz CT molecular complexity index is 140. The van der Waals surface area contributed by atoms with Gasteiger partial charge in [0.2, 0.25) is 0 Å². The van der Waals surface area contributed by atoms with Crippen LogP contribution in [0.4, 0.5) is 0 Å². The van der Waals surface area contributed by atoms with Gasteiger partial charge in [-0.25, -0.2) is 0 Å². The summed E-state index contributed by atoms with van der Waals surface area (Å²) in [5, 5.41) is 20.8. The first kappa shape index (κ1) is 6.70. The van der Waals surface area contributed by atoms with Crippen LogP contribution in [0.25, 0.3) is 0 Å². The highest BCUT2D eigenvalue weighted by Crippen LogP contribution is 1.89. The largest absolute Gasteiger partial charge is 0.491 e. The van der Waals surface area contributed by atoms with E-state index in [1.165, 1.54) is 0 Å². The molecule has 0 atom stereocenters. The predicted molar refractivity (Wildman–Crippen MR) is 24.3 cm³/mol. The van der Waals surface area contributed by atoms with Gasteiger partial charge in [0, 0.05) is 0 Å². The van der Waals surface area contributed by atoms with Gasteiger partial charge in [-0.15, -0.1) is 5.10 Å². The summed E-state index contributed by atoms with van der Waals surface area (Å²) in [6.07, 6.45) is 1.10. The maximum atomic E-state index is 8.36. The molecule has 1 rings (SSSR count). The number of hydrogen-bond acceptors (Lipinski definition) is 6. The van der Waals surface area contributed by atoms with Crippen LogP contribution >= 0.6 is 0 Å². The lowest BCUT2D eigenvalue weighted by Crippen LogP contribution is -1.86. The molecule has 0 aliphatic heterocycles. The van der Waals surface area contributed by atoms with E-state index in [0.717, 1.165) is 6.20 Å². The second kappa shape index (κ2) is 2.80. The molecule has 1 heterocycles. The maximum Gasteiger partial charge on any atom is 0.253 e. The van der Waals surface area contributed by atoms with Crippen LogP contribution in [-0.4, -0.2) is 25.7 Å². The Balaban J connectivity index is 0.000000490. The molecule has 4 N–H and O–H groups in total. The van der Waals surface area contributed by atoms with Crippen LogP contribution in [0, 0.1) is 0 Å². The highest BCUT2D eigenvalue weighted by Gasteiger charge is 1.80. The minimum atomic E-state index is -0.213. The third-order valence-electron chi connectivity index (χ3n) is 0.412. The Morgan fingerprint density at radius 3 is 2.38 bits per heavy atom. The van der Waals surface area contributed by atoms with Gasteiger partial charge in [0.1, 0.15) is 6.20 Å². The molecule has 0 amide bonds. The zero-order chi connectivity index (χ0) is 5.11. The molecule has 0 saturated carbocycles. The molecular formula is C2H5N5O. The molecule has 1 aromatic heterocycles. The van der Waals surface area contributed by atoms with Crippen LogP contribution in [0.15, 0.2) is 6.20 Å². The van der Waals surface area contributed by atoms with Gasteiger partial charge in [0.15, 0.2) is 0 Å². The lowest BCUT2D eigenvalue weighted by Gasteiger charge is -1.77. The fraction of sp³-hybridized carbons (Fsp3) is 0. The van der Waals surface area contributed by atoms with E-state index in [-0.39, 0.29) is 12.0 Å². The van der Waals surface area contributed by atoms with E-state index in [1.54, 1.807) is 0 Å². The van der Waals surface area contributed by atoms with Gasteiger partial charge in [0.05, 0.1) is 0 Å². The fourth-order valence-electron chi connectivity index (χ4n) is 0.192. The van der Waals surface area contributed by atoms with Crippen molar-refractivity contribution >= 4 is 0 Å². The molecule has 0 saturated heterocycles. The summed E-state index contributed by atoms with van der Waals surface area (Å²) in [6, 6.07) is 0. The van der Waals surface area contributed by atoms with Gasteiger partial charge in [-0.05, 0) is 10.4 Å². The van der Waals surface area contributed by atoms with E-state index in [4.69, 9.17) is 5.11 Å². The zero-order valence-electron chi connectivity index (χ0n) is 4.02. The van der Waals surface area contributed by atoms with Gasteiger partial charge in [-0.3, -0.25) is 0 Å². The highest BCUT2D eigenvalue weighted by molar-refractivity contribution is 4.91. The molecule has 0 aliphatic rings. The van der Waals surface area contributed by atoms with E-state index in [0.29, 0.717) is 0 Å². The number of nitrogens with zero attached hydrogens (tertiary/aromatic N) is 4. The predicted octanol–water partition coefficient (Wildman–Crippen LogP) is -0.866. The Labute approximate surface area is 45.1 Å². The number of aromatic nitrogens is 4. The van der Waals surface area contributed by atoms with Gasteiger partial charge < -0.3 is 11.3 Å². The molecule has 6 nitrogen and oxygen atoms in total. The van der Waals surface area contributed by atoms with Crippen molar-refractivity contribution in [3.05, 3.63) is 6.20 Å². The van der Waals surface area contributed by atoms with Crippen LogP contribution in [0.2, 0.25) is 0 Å². The average molecular weight is 115 g/mol. The van der Waals surface area contributed by atoms with Crippen LogP contribution in [0.3, 0.4) is 0 Å². The Kier molecular flexibility index (Phi) is 2.35. The first-order valence-corrected chi connectivity index (χ1v) is 1.59. The SMILES string of the molecule is N.Oc1cnnnn1. The third kappa shape index (κ3) is 1.43. The molecule has 0 bridgehead atoms. The first-order valence-electron chi connectivity index (χ1n) is 1.59. The third-order valence-corrected chi connectivity index (χ3v) is 0.412. The van der Waals surface area contributed by atoms with Gasteiger partial charge in [-0.2, -0.15) is 0 Å². The van der Waals surface area contributed by atoms with Crippen molar-refractivity contribution < 1.29 is 5.11 Å². The Morgan fingerprint density at radius 1 is 1.38 bits per heavy atom. The fourth-order valence-corrected chi connectivity index (χ4v) is 0.192. The quantitative estimate of drug-likeness (QED) is 0.455. The smallest absolute Gasteiger partial charge is 0.253 e. The van der Waals surface area contributed by atoms with Crippen molar-refractivity contribution in [2.45, 2.75) is 0 Å². The zero-order valence-corrected chi connectivity index (χ0v) is 4.02. The number of rotatable bonds is 0. The number of hydrogen-bond donors (Lipinski definition) is 2. The summed E-state index contributed by atoms with van der Waals surface area (Å²) in [5.41, 5.74) is 0. The minimum absolute atomic E-state index is 0. The summed E-state index contributed by atoms with van der Waals surface area (Å²) in [7, 11) is 0. The van der Waals surface area contributed by atoms with Crippen molar-refractivity contribution in [1.29, 1.82) is 0 Å². The van der Waals surface area contributed by atoms with Crippen molar-refractivity contribution in [2.75, 3.05) is 0 Å². The molecule has 44 valence electrons. The second-order valence-corrected chi connectivity index (χ2v) is 0.882. The Hall–Kier alpha value is -1.30. The summed E-state index contributed by atoms with van der Waals surface area (Å²) in [5.74, 6) is -0.213. The van der Waals surface area contributed by atoms with E-state index >= 15 is 0 Å². The molecule has 1 aromatic rings. The lowest BCUT2D eigenvalue weighted by atomic mass is 10.9. The van der Waals surface area contributed by atoms with Crippen LogP contribution in [0.5, 0.6) is 5.88 Å². The first-order chi connectivity index (χ1) is 3.39. The molecule has 8 heavy (non-hydrogen) atoms. The van der Waals surface area contributed by atoms with Crippen LogP contribution < -0.4 is 6.15 Å². The van der Waals surface area contributed by atoms with Crippen LogP contribution in [-0.2, 0) is 0 Å². The average Bonchev–Trinajstić information content (AvgIpc) is 1.69. The van der Waals surface area contributed by atoms with Crippen molar-refractivity contribution in [3.63, 3.8) is 0 Å². The summed E-state index contributed by atoms with van der Waals surface area (Å²) in [4.78, 5) is 0. The number of aromatic hydroxyl groups is 1. The van der Waals surface area contributed by atoms with Crippen LogP contribution in [0.1, 0.15) is 0 Å². The Morgan fingerprint density at radius 2 is 2.12 bits per heavy atom. The molecule has 0 radical (unpaired) electrons. The summed E-state index contributed by atoms with van der Waals surface area (Å²) in [6.45, 7) is 0. The monoisotopic (exact) mass is 115 g/mol. The molecule has 0 spiro atoms.